The van der Waals surface area contributed by atoms with Gasteiger partial charge in [-0.15, -0.1) is 0 Å². The average molecular weight is 139 g/mol. The molecule has 1 heterocycles. The van der Waals surface area contributed by atoms with E-state index in [4.69, 9.17) is 14.9 Å². The van der Waals surface area contributed by atoms with Gasteiger partial charge in [0.15, 0.2) is 24.0 Å². The van der Waals surface area contributed by atoms with Crippen LogP contribution in [0.4, 0.5) is 0 Å². The van der Waals surface area contributed by atoms with Crippen LogP contribution in [0.1, 0.15) is 0 Å². The van der Waals surface area contributed by atoms with Gasteiger partial charge in [0.1, 0.15) is 5.76 Å². The van der Waals surface area contributed by atoms with E-state index in [9.17, 15) is 0 Å². The zero-order chi connectivity index (χ0) is 7.14. The van der Waals surface area contributed by atoms with Gasteiger partial charge < -0.3 is 14.9 Å². The van der Waals surface area contributed by atoms with Crippen LogP contribution in [-0.4, -0.2) is 22.7 Å². The number of rotatable bonds is 0. The van der Waals surface area contributed by atoms with E-state index < -0.39 is 6.04 Å². The summed E-state index contributed by atoms with van der Waals surface area (Å²) in [5, 5.41) is 18.0. The van der Waals surface area contributed by atoms with Crippen molar-refractivity contribution in [1.82, 2.24) is 0 Å². The minimum Gasteiger partial charge on any atom is -0.506 e. The smallest absolute Gasteiger partial charge is 0.177 e. The molecule has 1 aliphatic heterocycles. The quantitative estimate of drug-likeness (QED) is 0.517. The summed E-state index contributed by atoms with van der Waals surface area (Å²) in [4.78, 5) is 3.75. The van der Waals surface area contributed by atoms with Crippen molar-refractivity contribution in [3.8, 4) is 0 Å². The minimum absolute atomic E-state index is 0.135. The Morgan fingerprint density at radius 3 is 3.00 bits per heavy atom. The summed E-state index contributed by atoms with van der Waals surface area (Å²) < 4.78 is 4.83. The monoisotopic (exact) mass is 139 g/mol. The van der Waals surface area contributed by atoms with Gasteiger partial charge >= 0.3 is 0 Å². The van der Waals surface area contributed by atoms with Crippen molar-refractivity contribution in [2.45, 2.75) is 6.04 Å². The Bertz CT molecular complexity index is 264. The number of ether oxygens (including phenoxy) is 1. The highest BCUT2D eigenvalue weighted by molar-refractivity contribution is 5.58. The normalized spacial score (nSPS) is 28.4. The second-order valence-electron chi connectivity index (χ2n) is 2.09. The number of nitrogens with zero attached hydrogens (tertiary/aromatic N) is 1. The van der Waals surface area contributed by atoms with Crippen molar-refractivity contribution in [2.24, 2.45) is 4.99 Å². The maximum Gasteiger partial charge on any atom is 0.177 e. The summed E-state index contributed by atoms with van der Waals surface area (Å²) in [5.74, 6) is 0.190. The molecule has 2 aliphatic rings. The Hall–Kier alpha value is -1.45. The average Bonchev–Trinajstić information content (AvgIpc) is 2.41. The lowest BCUT2D eigenvalue weighted by molar-refractivity contribution is 0.323. The SMILES string of the molecule is OC1=C(O)C2N=COC2=C1. The first-order chi connectivity index (χ1) is 4.79. The molecule has 1 unspecified atom stereocenters. The Morgan fingerprint density at radius 2 is 2.30 bits per heavy atom. The first kappa shape index (κ1) is 5.34. The number of allylic oxidation sites excluding steroid dienone is 1. The van der Waals surface area contributed by atoms with Gasteiger partial charge in [0, 0.05) is 6.08 Å². The van der Waals surface area contributed by atoms with Gasteiger partial charge in [-0.1, -0.05) is 0 Å². The highest BCUT2D eigenvalue weighted by Gasteiger charge is 2.31. The highest BCUT2D eigenvalue weighted by atomic mass is 16.5. The van der Waals surface area contributed by atoms with Crippen molar-refractivity contribution in [2.75, 3.05) is 0 Å². The summed E-state index contributed by atoms with van der Waals surface area (Å²) in [7, 11) is 0. The molecule has 52 valence electrons. The maximum atomic E-state index is 9.05. The highest BCUT2D eigenvalue weighted by Crippen LogP contribution is 2.28. The summed E-state index contributed by atoms with van der Waals surface area (Å²) in [5.41, 5.74) is 0. The van der Waals surface area contributed by atoms with Gasteiger partial charge in [-0.2, -0.15) is 0 Å². The molecule has 2 N–H and O–H groups in total. The lowest BCUT2D eigenvalue weighted by Crippen LogP contribution is -2.03. The molecule has 0 spiro atoms. The van der Waals surface area contributed by atoms with Crippen LogP contribution < -0.4 is 0 Å². The summed E-state index contributed by atoms with van der Waals surface area (Å²) >= 11 is 0. The van der Waals surface area contributed by atoms with E-state index in [1.165, 1.54) is 12.5 Å². The first-order valence-electron chi connectivity index (χ1n) is 2.81. The van der Waals surface area contributed by atoms with Crippen LogP contribution in [0.5, 0.6) is 0 Å². The van der Waals surface area contributed by atoms with Crippen LogP contribution in [0.3, 0.4) is 0 Å². The minimum atomic E-state index is -0.486. The maximum absolute atomic E-state index is 9.05. The lowest BCUT2D eigenvalue weighted by Gasteiger charge is -1.98. The van der Waals surface area contributed by atoms with Crippen molar-refractivity contribution in [3.63, 3.8) is 0 Å². The van der Waals surface area contributed by atoms with Crippen molar-refractivity contribution in [1.29, 1.82) is 0 Å². The van der Waals surface area contributed by atoms with E-state index in [1.807, 2.05) is 0 Å². The molecular formula is C6H5NO3. The van der Waals surface area contributed by atoms with Gasteiger partial charge in [-0.3, -0.25) is 0 Å². The molecule has 0 saturated carbocycles. The number of hydrogen-bond acceptors (Lipinski definition) is 4. The largest absolute Gasteiger partial charge is 0.506 e. The van der Waals surface area contributed by atoms with Gasteiger partial charge in [-0.05, 0) is 0 Å². The van der Waals surface area contributed by atoms with Crippen molar-refractivity contribution < 1.29 is 14.9 Å². The number of aliphatic hydroxyl groups excluding tert-OH is 2. The van der Waals surface area contributed by atoms with Crippen LogP contribution in [0, 0.1) is 0 Å². The van der Waals surface area contributed by atoms with Gasteiger partial charge in [-0.25, -0.2) is 4.99 Å². The van der Waals surface area contributed by atoms with E-state index in [1.54, 1.807) is 0 Å². The molecular weight excluding hydrogens is 134 g/mol. The molecule has 0 aromatic heterocycles. The third-order valence-electron chi connectivity index (χ3n) is 1.47. The Balaban J connectivity index is 2.42. The Kier molecular flexibility index (Phi) is 0.818. The fourth-order valence-corrected chi connectivity index (χ4v) is 0.957. The van der Waals surface area contributed by atoms with Crippen molar-refractivity contribution in [3.05, 3.63) is 23.4 Å². The van der Waals surface area contributed by atoms with Crippen LogP contribution in [-0.2, 0) is 4.74 Å². The summed E-state index contributed by atoms with van der Waals surface area (Å²) in [6.45, 7) is 0. The molecule has 0 radical (unpaired) electrons. The van der Waals surface area contributed by atoms with Crippen LogP contribution in [0.25, 0.3) is 0 Å². The molecule has 0 saturated heterocycles. The fourth-order valence-electron chi connectivity index (χ4n) is 0.957. The molecule has 0 aromatic carbocycles. The van der Waals surface area contributed by atoms with Gasteiger partial charge in [0.05, 0.1) is 0 Å². The van der Waals surface area contributed by atoms with Gasteiger partial charge in [0.2, 0.25) is 0 Å². The third-order valence-corrected chi connectivity index (χ3v) is 1.47. The topological polar surface area (TPSA) is 62.0 Å². The summed E-state index contributed by atoms with van der Waals surface area (Å²) in [6.07, 6.45) is 2.60. The molecule has 0 aromatic rings. The lowest BCUT2D eigenvalue weighted by atomic mass is 10.3. The van der Waals surface area contributed by atoms with E-state index >= 15 is 0 Å². The first-order valence-corrected chi connectivity index (χ1v) is 2.81. The molecule has 1 atom stereocenters. The molecule has 4 heteroatoms. The Morgan fingerprint density at radius 1 is 1.50 bits per heavy atom. The second-order valence-corrected chi connectivity index (χ2v) is 2.09. The summed E-state index contributed by atoms with van der Waals surface area (Å²) in [6, 6.07) is -0.486. The zero-order valence-corrected chi connectivity index (χ0v) is 4.98. The molecule has 0 fully saturated rings. The molecule has 1 aliphatic carbocycles. The van der Waals surface area contributed by atoms with E-state index in [0.717, 1.165) is 0 Å². The van der Waals surface area contributed by atoms with Crippen LogP contribution >= 0.6 is 0 Å². The number of fused-ring (bicyclic) bond motifs is 1. The Labute approximate surface area is 56.8 Å². The zero-order valence-electron chi connectivity index (χ0n) is 4.98. The standard InChI is InChI=1S/C6H5NO3/c8-3-1-4-5(6(3)9)7-2-10-4/h1-2,5,8-9H. The number of hydrogen-bond donors (Lipinski definition) is 2. The predicted molar refractivity (Wildman–Crippen MR) is 33.7 cm³/mol. The molecule has 4 nitrogen and oxygen atoms in total. The molecule has 2 rings (SSSR count). The van der Waals surface area contributed by atoms with E-state index in [2.05, 4.69) is 4.99 Å². The van der Waals surface area contributed by atoms with Crippen LogP contribution in [0.15, 0.2) is 28.3 Å². The van der Waals surface area contributed by atoms with Crippen molar-refractivity contribution >= 4 is 6.40 Å². The second kappa shape index (κ2) is 1.53. The molecule has 10 heavy (non-hydrogen) atoms. The third kappa shape index (κ3) is 0.478. The number of aliphatic hydroxyl groups is 2. The number of aliphatic imine (C=N–C) groups is 1. The fraction of sp³-hybridized carbons (Fsp3) is 0.167. The van der Waals surface area contributed by atoms with E-state index in [-0.39, 0.29) is 11.5 Å². The predicted octanol–water partition coefficient (Wildman–Crippen LogP) is 0.639. The molecule has 0 amide bonds. The van der Waals surface area contributed by atoms with Crippen LogP contribution in [0.2, 0.25) is 0 Å². The molecule has 0 bridgehead atoms. The van der Waals surface area contributed by atoms with E-state index in [0.29, 0.717) is 5.76 Å². The van der Waals surface area contributed by atoms with Gasteiger partial charge in [0.25, 0.3) is 0 Å².